The van der Waals surface area contributed by atoms with Crippen molar-refractivity contribution in [3.63, 3.8) is 0 Å². The van der Waals surface area contributed by atoms with Crippen molar-refractivity contribution in [3.8, 4) is 0 Å². The lowest BCUT2D eigenvalue weighted by Crippen LogP contribution is -1.82. The van der Waals surface area contributed by atoms with Crippen LogP contribution in [-0.4, -0.2) is 6.21 Å². The number of nitrogens with zero attached hydrogens (tertiary/aromatic N) is 1. The molecule has 18 heavy (non-hydrogen) atoms. The van der Waals surface area contributed by atoms with Crippen molar-refractivity contribution < 1.29 is 0 Å². The van der Waals surface area contributed by atoms with Crippen LogP contribution in [0, 0.1) is 0 Å². The van der Waals surface area contributed by atoms with Crippen molar-refractivity contribution in [2.75, 3.05) is 0 Å². The molecule has 102 valence electrons. The lowest BCUT2D eigenvalue weighted by Gasteiger charge is -1.99. The van der Waals surface area contributed by atoms with Gasteiger partial charge in [0.05, 0.1) is 5.70 Å². The Labute approximate surface area is 114 Å². The normalized spacial score (nSPS) is 11.4. The molecule has 0 saturated heterocycles. The molecule has 0 spiro atoms. The number of hydrogen-bond acceptors (Lipinski definition) is 1. The minimum Gasteiger partial charge on any atom is -0.257 e. The fourth-order valence-corrected chi connectivity index (χ4v) is 0.907. The Morgan fingerprint density at radius 3 is 1.89 bits per heavy atom. The molecule has 0 aromatic heterocycles. The minimum atomic E-state index is 0.901. The van der Waals surface area contributed by atoms with Crippen LogP contribution in [0.5, 0.6) is 0 Å². The Morgan fingerprint density at radius 1 is 1.00 bits per heavy atom. The highest BCUT2D eigenvalue weighted by molar-refractivity contribution is 5.72. The SMILES string of the molecule is C=CC=NC(=C\C)/C(C=C)=C/C=C\C.CC.CC. The first-order chi connectivity index (χ1) is 8.79. The smallest absolute Gasteiger partial charge is 0.0659 e. The van der Waals surface area contributed by atoms with Gasteiger partial charge in [0.15, 0.2) is 0 Å². The van der Waals surface area contributed by atoms with Gasteiger partial charge in [-0.15, -0.1) is 0 Å². The van der Waals surface area contributed by atoms with Crippen molar-refractivity contribution in [1.29, 1.82) is 0 Å². The van der Waals surface area contributed by atoms with Gasteiger partial charge in [-0.2, -0.15) is 0 Å². The van der Waals surface area contributed by atoms with Crippen LogP contribution in [0.1, 0.15) is 41.5 Å². The molecule has 0 rings (SSSR count). The van der Waals surface area contributed by atoms with E-state index in [1.807, 2.05) is 65.8 Å². The second-order valence-electron chi connectivity index (χ2n) is 2.54. The maximum Gasteiger partial charge on any atom is 0.0659 e. The van der Waals surface area contributed by atoms with Crippen molar-refractivity contribution >= 4 is 6.21 Å². The van der Waals surface area contributed by atoms with E-state index in [0.29, 0.717) is 0 Å². The molecular weight excluding hydrogens is 218 g/mol. The van der Waals surface area contributed by atoms with Crippen LogP contribution in [0.15, 0.2) is 65.9 Å². The van der Waals surface area contributed by atoms with Gasteiger partial charge in [0.2, 0.25) is 0 Å². The van der Waals surface area contributed by atoms with Crippen molar-refractivity contribution in [2.24, 2.45) is 4.99 Å². The molecule has 0 aromatic carbocycles. The van der Waals surface area contributed by atoms with Crippen molar-refractivity contribution in [2.45, 2.75) is 41.5 Å². The molecule has 0 heterocycles. The summed E-state index contributed by atoms with van der Waals surface area (Å²) in [4.78, 5) is 4.23. The highest BCUT2D eigenvalue weighted by Gasteiger charge is 1.94. The van der Waals surface area contributed by atoms with E-state index in [9.17, 15) is 0 Å². The zero-order valence-corrected chi connectivity index (χ0v) is 12.9. The largest absolute Gasteiger partial charge is 0.257 e. The zero-order valence-electron chi connectivity index (χ0n) is 12.9. The van der Waals surface area contributed by atoms with E-state index in [1.165, 1.54) is 0 Å². The summed E-state index contributed by atoms with van der Waals surface area (Å²) in [6, 6.07) is 0. The van der Waals surface area contributed by atoms with Gasteiger partial charge in [-0.05, 0) is 19.4 Å². The maximum absolute atomic E-state index is 4.23. The van der Waals surface area contributed by atoms with Gasteiger partial charge in [-0.25, -0.2) is 0 Å². The Morgan fingerprint density at radius 2 is 1.56 bits per heavy atom. The van der Waals surface area contributed by atoms with E-state index < -0.39 is 0 Å². The molecule has 0 unspecified atom stereocenters. The highest BCUT2D eigenvalue weighted by Crippen LogP contribution is 2.12. The van der Waals surface area contributed by atoms with Gasteiger partial charge in [-0.1, -0.05) is 77.3 Å². The molecule has 0 radical (unpaired) electrons. The topological polar surface area (TPSA) is 12.4 Å². The first kappa shape index (κ1) is 21.6. The Hall–Kier alpha value is -1.63. The molecule has 0 N–H and O–H groups in total. The second-order valence-corrected chi connectivity index (χ2v) is 2.54. The average Bonchev–Trinajstić information content (AvgIpc) is 2.47. The molecule has 0 aliphatic rings. The molecular formula is C17H29N. The lowest BCUT2D eigenvalue weighted by molar-refractivity contribution is 1.33. The number of hydrogen-bond donors (Lipinski definition) is 0. The van der Waals surface area contributed by atoms with Crippen LogP contribution >= 0.6 is 0 Å². The fourth-order valence-electron chi connectivity index (χ4n) is 0.907. The summed E-state index contributed by atoms with van der Waals surface area (Å²) >= 11 is 0. The number of aliphatic imine (C=N–C) groups is 1. The first-order valence-corrected chi connectivity index (χ1v) is 6.57. The van der Waals surface area contributed by atoms with Crippen LogP contribution in [0.2, 0.25) is 0 Å². The third kappa shape index (κ3) is 12.4. The third-order valence-corrected chi connectivity index (χ3v) is 1.58. The Kier molecular flexibility index (Phi) is 24.9. The molecule has 0 amide bonds. The van der Waals surface area contributed by atoms with Crippen LogP contribution in [0.25, 0.3) is 0 Å². The highest BCUT2D eigenvalue weighted by atomic mass is 14.7. The van der Waals surface area contributed by atoms with Crippen LogP contribution in [0.3, 0.4) is 0 Å². The first-order valence-electron chi connectivity index (χ1n) is 6.57. The molecule has 0 aliphatic carbocycles. The molecule has 0 atom stereocenters. The van der Waals surface area contributed by atoms with Gasteiger partial charge in [0.1, 0.15) is 0 Å². The molecule has 0 aromatic rings. The summed E-state index contributed by atoms with van der Waals surface area (Å²) < 4.78 is 0. The van der Waals surface area contributed by atoms with Crippen molar-refractivity contribution in [3.05, 3.63) is 60.9 Å². The molecule has 0 bridgehead atoms. The van der Waals surface area contributed by atoms with Gasteiger partial charge >= 0.3 is 0 Å². The Bertz CT molecular complexity index is 302. The number of rotatable bonds is 5. The lowest BCUT2D eigenvalue weighted by atomic mass is 10.1. The molecule has 0 aliphatic heterocycles. The van der Waals surface area contributed by atoms with Gasteiger partial charge in [0, 0.05) is 6.21 Å². The van der Waals surface area contributed by atoms with E-state index in [0.717, 1.165) is 11.3 Å². The van der Waals surface area contributed by atoms with Gasteiger partial charge in [0.25, 0.3) is 0 Å². The molecule has 0 fully saturated rings. The van der Waals surface area contributed by atoms with E-state index in [4.69, 9.17) is 0 Å². The second kappa shape index (κ2) is 20.7. The molecule has 0 saturated carbocycles. The van der Waals surface area contributed by atoms with E-state index in [2.05, 4.69) is 18.2 Å². The predicted octanol–water partition coefficient (Wildman–Crippen LogP) is 5.89. The van der Waals surface area contributed by atoms with Gasteiger partial charge < -0.3 is 0 Å². The van der Waals surface area contributed by atoms with Crippen LogP contribution < -0.4 is 0 Å². The van der Waals surface area contributed by atoms with Crippen LogP contribution in [0.4, 0.5) is 0 Å². The maximum atomic E-state index is 4.23. The molecule has 1 nitrogen and oxygen atoms in total. The quantitative estimate of drug-likeness (QED) is 0.424. The average molecular weight is 247 g/mol. The standard InChI is InChI=1S/C13H17N.2C2H6/c1-5-9-10-12(7-3)13(8-4)14-11-6-2;2*1-2/h5-11H,2-3H2,1,4H3;2*1-2H3/b9-5-,12-10+,13-8-,14-11?;;. The van der Waals surface area contributed by atoms with Gasteiger partial charge in [-0.3, -0.25) is 4.99 Å². The van der Waals surface area contributed by atoms with E-state index >= 15 is 0 Å². The number of allylic oxidation sites excluding steroid dienone is 6. The van der Waals surface area contributed by atoms with E-state index in [1.54, 1.807) is 18.4 Å². The Balaban J connectivity index is -0.000000506. The fraction of sp³-hybridized carbons (Fsp3) is 0.353. The predicted molar refractivity (Wildman–Crippen MR) is 88.2 cm³/mol. The molecule has 1 heteroatoms. The monoisotopic (exact) mass is 247 g/mol. The summed E-state index contributed by atoms with van der Waals surface area (Å²) in [5, 5.41) is 0. The van der Waals surface area contributed by atoms with Crippen molar-refractivity contribution in [1.82, 2.24) is 0 Å². The summed E-state index contributed by atoms with van der Waals surface area (Å²) in [6.45, 7) is 19.2. The zero-order chi connectivity index (χ0) is 14.8. The van der Waals surface area contributed by atoms with E-state index in [-0.39, 0.29) is 0 Å². The summed E-state index contributed by atoms with van der Waals surface area (Å²) in [6.07, 6.45) is 13.0. The minimum absolute atomic E-state index is 0.901. The summed E-state index contributed by atoms with van der Waals surface area (Å²) in [5.41, 5.74) is 1.90. The van der Waals surface area contributed by atoms with Crippen LogP contribution in [-0.2, 0) is 0 Å². The summed E-state index contributed by atoms with van der Waals surface area (Å²) in [5.74, 6) is 0. The summed E-state index contributed by atoms with van der Waals surface area (Å²) in [7, 11) is 0. The third-order valence-electron chi connectivity index (χ3n) is 1.58.